The third-order valence-corrected chi connectivity index (χ3v) is 4.74. The van der Waals surface area contributed by atoms with Gasteiger partial charge in [-0.05, 0) is 32.3 Å². The molecule has 0 radical (unpaired) electrons. The van der Waals surface area contributed by atoms with Gasteiger partial charge < -0.3 is 4.90 Å². The van der Waals surface area contributed by atoms with Gasteiger partial charge in [0.1, 0.15) is 0 Å². The van der Waals surface area contributed by atoms with E-state index in [1.807, 2.05) is 16.7 Å². The van der Waals surface area contributed by atoms with Crippen LogP contribution in [0.2, 0.25) is 0 Å². The first-order valence-corrected chi connectivity index (χ1v) is 7.47. The Hall–Kier alpha value is -1.49. The molecular weight excluding hydrogens is 274 g/mol. The molecule has 3 rings (SSSR count). The van der Waals surface area contributed by atoms with Gasteiger partial charge in [-0.25, -0.2) is 8.78 Å². The largest absolute Gasteiger partial charge is 0.337 e. The summed E-state index contributed by atoms with van der Waals surface area (Å²) in [4.78, 5) is 16.2. The third-order valence-electron chi connectivity index (χ3n) is 4.74. The summed E-state index contributed by atoms with van der Waals surface area (Å²) in [5.74, 6) is -1.47. The molecule has 0 spiro atoms. The summed E-state index contributed by atoms with van der Waals surface area (Å²) in [6.45, 7) is 5.24. The van der Waals surface area contributed by atoms with Gasteiger partial charge in [0.15, 0.2) is 11.6 Å². The molecule has 1 aromatic rings. The highest BCUT2D eigenvalue weighted by molar-refractivity contribution is 5.83. The number of benzene rings is 1. The fourth-order valence-electron chi connectivity index (χ4n) is 3.37. The van der Waals surface area contributed by atoms with Crippen molar-refractivity contribution in [3.8, 4) is 0 Å². The van der Waals surface area contributed by atoms with Crippen LogP contribution >= 0.6 is 0 Å². The minimum atomic E-state index is -0.788. The number of rotatable bonds is 2. The summed E-state index contributed by atoms with van der Waals surface area (Å²) in [7, 11) is 0. The van der Waals surface area contributed by atoms with Gasteiger partial charge in [0.2, 0.25) is 5.91 Å². The molecule has 2 saturated heterocycles. The molecule has 0 unspecified atom stereocenters. The lowest BCUT2D eigenvalue weighted by molar-refractivity contribution is -0.143. The number of nitrogens with zero attached hydrogens (tertiary/aromatic N) is 2. The van der Waals surface area contributed by atoms with Crippen molar-refractivity contribution >= 4 is 5.91 Å². The second kappa shape index (κ2) is 5.37. The molecule has 2 aliphatic rings. The number of aryl methyl sites for hydroxylation is 1. The van der Waals surface area contributed by atoms with Gasteiger partial charge in [0.05, 0.1) is 6.04 Å². The topological polar surface area (TPSA) is 23.6 Å². The first kappa shape index (κ1) is 14.4. The van der Waals surface area contributed by atoms with Crippen molar-refractivity contribution in [1.29, 1.82) is 0 Å². The molecule has 114 valence electrons. The Labute approximate surface area is 123 Å². The SMILES string of the molecule is Cc1ccc(CN2C[C@@H]3CCCN3C(=O)[C@H]2C)c(F)c1F. The molecule has 0 N–H and O–H groups in total. The highest BCUT2D eigenvalue weighted by atomic mass is 19.2. The van der Waals surface area contributed by atoms with E-state index in [1.54, 1.807) is 19.1 Å². The van der Waals surface area contributed by atoms with Gasteiger partial charge in [-0.1, -0.05) is 12.1 Å². The molecule has 21 heavy (non-hydrogen) atoms. The summed E-state index contributed by atoms with van der Waals surface area (Å²) >= 11 is 0. The molecule has 5 heteroatoms. The normalized spacial score (nSPS) is 26.3. The van der Waals surface area contributed by atoms with Crippen LogP contribution in [0.5, 0.6) is 0 Å². The monoisotopic (exact) mass is 294 g/mol. The standard InChI is InChI=1S/C16H20F2N2O/c1-10-5-6-12(15(18)14(10)17)8-19-9-13-4-3-7-20(13)16(21)11(19)2/h5-6,11,13H,3-4,7-9H2,1-2H3/t11-,13+/m1/s1. The number of fused-ring (bicyclic) bond motifs is 1. The van der Waals surface area contributed by atoms with E-state index < -0.39 is 11.6 Å². The van der Waals surface area contributed by atoms with Gasteiger partial charge in [0.25, 0.3) is 0 Å². The predicted octanol–water partition coefficient (Wildman–Crippen LogP) is 2.47. The lowest BCUT2D eigenvalue weighted by atomic mass is 10.0. The third kappa shape index (κ3) is 2.44. The zero-order valence-corrected chi connectivity index (χ0v) is 12.4. The van der Waals surface area contributed by atoms with Crippen LogP contribution in [0.15, 0.2) is 12.1 Å². The van der Waals surface area contributed by atoms with Crippen LogP contribution in [0, 0.1) is 18.6 Å². The van der Waals surface area contributed by atoms with Crippen LogP contribution in [0.4, 0.5) is 8.78 Å². The van der Waals surface area contributed by atoms with Crippen LogP contribution in [-0.4, -0.2) is 40.9 Å². The van der Waals surface area contributed by atoms with Crippen molar-refractivity contribution in [2.24, 2.45) is 0 Å². The summed E-state index contributed by atoms with van der Waals surface area (Å²) in [6.07, 6.45) is 2.03. The lowest BCUT2D eigenvalue weighted by Crippen LogP contribution is -2.58. The molecule has 3 nitrogen and oxygen atoms in total. The maximum atomic E-state index is 14.0. The van der Waals surface area contributed by atoms with E-state index in [2.05, 4.69) is 0 Å². The van der Waals surface area contributed by atoms with Crippen LogP contribution in [-0.2, 0) is 11.3 Å². The molecule has 1 aromatic carbocycles. The van der Waals surface area contributed by atoms with E-state index in [0.717, 1.165) is 25.9 Å². The minimum absolute atomic E-state index is 0.108. The van der Waals surface area contributed by atoms with E-state index in [9.17, 15) is 13.6 Å². The maximum Gasteiger partial charge on any atom is 0.239 e. The van der Waals surface area contributed by atoms with Crippen molar-refractivity contribution in [2.45, 2.75) is 45.3 Å². The van der Waals surface area contributed by atoms with Gasteiger partial charge in [-0.15, -0.1) is 0 Å². The molecule has 0 bridgehead atoms. The fraction of sp³-hybridized carbons (Fsp3) is 0.562. The summed E-state index contributed by atoms with van der Waals surface area (Å²) in [5, 5.41) is 0. The number of amides is 1. The van der Waals surface area contributed by atoms with Gasteiger partial charge in [-0.3, -0.25) is 9.69 Å². The fourth-order valence-corrected chi connectivity index (χ4v) is 3.37. The van der Waals surface area contributed by atoms with Crippen LogP contribution in [0.1, 0.15) is 30.9 Å². The van der Waals surface area contributed by atoms with Crippen LogP contribution in [0.25, 0.3) is 0 Å². The van der Waals surface area contributed by atoms with E-state index in [0.29, 0.717) is 11.1 Å². The van der Waals surface area contributed by atoms with E-state index in [4.69, 9.17) is 0 Å². The Morgan fingerprint density at radius 2 is 2.05 bits per heavy atom. The first-order chi connectivity index (χ1) is 9.99. The zero-order chi connectivity index (χ0) is 15.1. The Morgan fingerprint density at radius 3 is 2.81 bits per heavy atom. The molecular formula is C16H20F2N2O. The van der Waals surface area contributed by atoms with Crippen molar-refractivity contribution in [3.63, 3.8) is 0 Å². The number of hydrogen-bond donors (Lipinski definition) is 0. The Bertz CT molecular complexity index is 576. The van der Waals surface area contributed by atoms with Crippen molar-refractivity contribution in [1.82, 2.24) is 9.80 Å². The maximum absolute atomic E-state index is 14.0. The number of carbonyl (C=O) groups is 1. The lowest BCUT2D eigenvalue weighted by Gasteiger charge is -2.41. The first-order valence-electron chi connectivity index (χ1n) is 7.47. The average Bonchev–Trinajstić information content (AvgIpc) is 2.93. The number of piperazine rings is 1. The van der Waals surface area contributed by atoms with Crippen molar-refractivity contribution in [2.75, 3.05) is 13.1 Å². The van der Waals surface area contributed by atoms with E-state index in [-0.39, 0.29) is 24.5 Å². The highest BCUT2D eigenvalue weighted by Gasteiger charge is 2.40. The number of halogens is 2. The summed E-state index contributed by atoms with van der Waals surface area (Å²) < 4.78 is 27.7. The molecule has 2 fully saturated rings. The van der Waals surface area contributed by atoms with Gasteiger partial charge >= 0.3 is 0 Å². The Kier molecular flexibility index (Phi) is 3.69. The second-order valence-corrected chi connectivity index (χ2v) is 6.10. The zero-order valence-electron chi connectivity index (χ0n) is 12.4. The summed E-state index contributed by atoms with van der Waals surface area (Å²) in [5.41, 5.74) is 0.630. The average molecular weight is 294 g/mol. The van der Waals surface area contributed by atoms with Gasteiger partial charge in [0, 0.05) is 31.2 Å². The smallest absolute Gasteiger partial charge is 0.239 e. The summed E-state index contributed by atoms with van der Waals surface area (Å²) in [6, 6.07) is 3.16. The second-order valence-electron chi connectivity index (χ2n) is 6.10. The number of carbonyl (C=O) groups excluding carboxylic acids is 1. The van der Waals surface area contributed by atoms with Crippen molar-refractivity contribution in [3.05, 3.63) is 34.9 Å². The molecule has 0 aliphatic carbocycles. The van der Waals surface area contributed by atoms with Crippen LogP contribution in [0.3, 0.4) is 0 Å². The van der Waals surface area contributed by atoms with Crippen LogP contribution < -0.4 is 0 Å². The molecule has 2 atom stereocenters. The molecule has 0 aromatic heterocycles. The predicted molar refractivity (Wildman–Crippen MR) is 75.7 cm³/mol. The minimum Gasteiger partial charge on any atom is -0.337 e. The molecule has 1 amide bonds. The highest BCUT2D eigenvalue weighted by Crippen LogP contribution is 2.27. The Morgan fingerprint density at radius 1 is 1.29 bits per heavy atom. The molecule has 2 heterocycles. The number of hydrogen-bond acceptors (Lipinski definition) is 2. The Balaban J connectivity index is 1.81. The van der Waals surface area contributed by atoms with Crippen molar-refractivity contribution < 1.29 is 13.6 Å². The van der Waals surface area contributed by atoms with Gasteiger partial charge in [-0.2, -0.15) is 0 Å². The van der Waals surface area contributed by atoms with E-state index >= 15 is 0 Å². The molecule has 0 saturated carbocycles. The quantitative estimate of drug-likeness (QED) is 0.836. The van der Waals surface area contributed by atoms with E-state index in [1.165, 1.54) is 0 Å². The molecule has 2 aliphatic heterocycles.